The standard InChI is InChI=1S/C22H22N4O3/c1-25-7-9-26(10-8-25)13-17-18(27)5-4-16-20(28)19(29-21(16)17)11-14-12-24-22-15(14)3-2-6-23-22/h2-6,11-12,27H,7-10,13H2,1H3,(H,23,24). The Kier molecular flexibility index (Phi) is 4.34. The lowest BCUT2D eigenvalue weighted by Gasteiger charge is -2.32. The highest BCUT2D eigenvalue weighted by Crippen LogP contribution is 2.40. The molecule has 0 radical (unpaired) electrons. The van der Waals surface area contributed by atoms with E-state index in [-0.39, 0.29) is 17.3 Å². The molecule has 0 saturated carbocycles. The Labute approximate surface area is 168 Å². The van der Waals surface area contributed by atoms with Crippen LogP contribution in [0.25, 0.3) is 17.1 Å². The molecule has 1 aromatic carbocycles. The van der Waals surface area contributed by atoms with E-state index >= 15 is 0 Å². The number of nitrogens with one attached hydrogen (secondary N) is 1. The Balaban J connectivity index is 1.47. The van der Waals surface area contributed by atoms with Crippen LogP contribution in [0.4, 0.5) is 0 Å². The molecule has 0 atom stereocenters. The summed E-state index contributed by atoms with van der Waals surface area (Å²) in [4.78, 5) is 24.9. The van der Waals surface area contributed by atoms with Crippen molar-refractivity contribution in [3.05, 3.63) is 59.1 Å². The fourth-order valence-electron chi connectivity index (χ4n) is 3.92. The molecule has 0 unspecified atom stereocenters. The third kappa shape index (κ3) is 3.18. The number of nitrogens with zero attached hydrogens (tertiary/aromatic N) is 3. The van der Waals surface area contributed by atoms with Crippen molar-refractivity contribution in [2.45, 2.75) is 6.54 Å². The Morgan fingerprint density at radius 3 is 2.90 bits per heavy atom. The van der Waals surface area contributed by atoms with Crippen molar-refractivity contribution in [2.24, 2.45) is 0 Å². The monoisotopic (exact) mass is 390 g/mol. The molecule has 0 spiro atoms. The number of fused-ring (bicyclic) bond motifs is 2. The number of ketones is 1. The van der Waals surface area contributed by atoms with Crippen LogP contribution in [0.15, 0.2) is 42.4 Å². The Bertz CT molecular complexity index is 1130. The van der Waals surface area contributed by atoms with E-state index in [2.05, 4.69) is 26.8 Å². The summed E-state index contributed by atoms with van der Waals surface area (Å²) in [6.07, 6.45) is 5.27. The molecule has 29 heavy (non-hydrogen) atoms. The second-order valence-electron chi connectivity index (χ2n) is 7.60. The summed E-state index contributed by atoms with van der Waals surface area (Å²) in [5, 5.41) is 11.4. The predicted molar refractivity (Wildman–Crippen MR) is 110 cm³/mol. The first-order chi connectivity index (χ1) is 14.1. The maximum absolute atomic E-state index is 12.9. The summed E-state index contributed by atoms with van der Waals surface area (Å²) < 4.78 is 6.00. The number of carbonyl (C=O) groups is 1. The van der Waals surface area contributed by atoms with Gasteiger partial charge < -0.3 is 19.7 Å². The Hall–Kier alpha value is -3.16. The van der Waals surface area contributed by atoms with Gasteiger partial charge in [0, 0.05) is 56.1 Å². The fraction of sp³-hybridized carbons (Fsp3) is 0.273. The number of aromatic nitrogens is 2. The van der Waals surface area contributed by atoms with Crippen molar-refractivity contribution in [3.8, 4) is 11.5 Å². The smallest absolute Gasteiger partial charge is 0.231 e. The lowest BCUT2D eigenvalue weighted by atomic mass is 10.0. The van der Waals surface area contributed by atoms with Crippen LogP contribution in [0.5, 0.6) is 11.5 Å². The quantitative estimate of drug-likeness (QED) is 0.669. The van der Waals surface area contributed by atoms with Crippen LogP contribution in [0.2, 0.25) is 0 Å². The molecule has 2 aromatic heterocycles. The lowest BCUT2D eigenvalue weighted by molar-refractivity contribution is 0.101. The maximum Gasteiger partial charge on any atom is 0.231 e. The molecule has 7 nitrogen and oxygen atoms in total. The number of aromatic hydroxyl groups is 1. The van der Waals surface area contributed by atoms with Crippen molar-refractivity contribution in [1.82, 2.24) is 19.8 Å². The van der Waals surface area contributed by atoms with E-state index in [1.54, 1.807) is 24.4 Å². The van der Waals surface area contributed by atoms with E-state index < -0.39 is 0 Å². The van der Waals surface area contributed by atoms with Gasteiger partial charge >= 0.3 is 0 Å². The first-order valence-electron chi connectivity index (χ1n) is 9.72. The van der Waals surface area contributed by atoms with Gasteiger partial charge in [0.05, 0.1) is 11.1 Å². The molecular formula is C22H22N4O3. The number of phenols is 1. The van der Waals surface area contributed by atoms with Crippen molar-refractivity contribution in [3.63, 3.8) is 0 Å². The molecule has 2 N–H and O–H groups in total. The van der Waals surface area contributed by atoms with E-state index in [4.69, 9.17) is 4.74 Å². The van der Waals surface area contributed by atoms with E-state index in [0.29, 0.717) is 23.4 Å². The van der Waals surface area contributed by atoms with Gasteiger partial charge in [-0.3, -0.25) is 9.69 Å². The zero-order valence-corrected chi connectivity index (χ0v) is 16.2. The molecule has 1 fully saturated rings. The number of H-pyrrole nitrogens is 1. The van der Waals surface area contributed by atoms with Crippen LogP contribution in [0, 0.1) is 0 Å². The highest BCUT2D eigenvalue weighted by molar-refractivity contribution is 6.15. The van der Waals surface area contributed by atoms with Gasteiger partial charge in [-0.15, -0.1) is 0 Å². The van der Waals surface area contributed by atoms with Crippen LogP contribution in [0.3, 0.4) is 0 Å². The number of Topliss-reactive ketones (excluding diaryl/α,β-unsaturated/α-hetero) is 1. The molecule has 0 aliphatic carbocycles. The number of benzene rings is 1. The minimum absolute atomic E-state index is 0.160. The number of ether oxygens (including phenoxy) is 1. The molecule has 7 heteroatoms. The van der Waals surface area contributed by atoms with Crippen LogP contribution in [-0.4, -0.2) is 63.9 Å². The van der Waals surface area contributed by atoms with Crippen molar-refractivity contribution < 1.29 is 14.6 Å². The van der Waals surface area contributed by atoms with E-state index in [1.165, 1.54) is 0 Å². The highest BCUT2D eigenvalue weighted by atomic mass is 16.5. The molecule has 0 bridgehead atoms. The maximum atomic E-state index is 12.9. The van der Waals surface area contributed by atoms with Crippen LogP contribution in [-0.2, 0) is 6.54 Å². The summed E-state index contributed by atoms with van der Waals surface area (Å²) in [6, 6.07) is 7.03. The zero-order chi connectivity index (χ0) is 20.0. The average molecular weight is 390 g/mol. The Morgan fingerprint density at radius 2 is 2.07 bits per heavy atom. The summed E-state index contributed by atoms with van der Waals surface area (Å²) in [7, 11) is 2.11. The average Bonchev–Trinajstić information content (AvgIpc) is 3.28. The van der Waals surface area contributed by atoms with Gasteiger partial charge in [0.15, 0.2) is 5.76 Å². The Morgan fingerprint density at radius 1 is 1.24 bits per heavy atom. The minimum Gasteiger partial charge on any atom is -0.507 e. The van der Waals surface area contributed by atoms with Gasteiger partial charge in [-0.25, -0.2) is 4.98 Å². The van der Waals surface area contributed by atoms with Gasteiger partial charge in [-0.05, 0) is 37.4 Å². The van der Waals surface area contributed by atoms with E-state index in [9.17, 15) is 9.90 Å². The third-order valence-corrected chi connectivity index (χ3v) is 5.66. The molecular weight excluding hydrogens is 368 g/mol. The van der Waals surface area contributed by atoms with E-state index in [0.717, 1.165) is 42.8 Å². The molecule has 0 amide bonds. The van der Waals surface area contributed by atoms with Gasteiger partial charge in [0.2, 0.25) is 5.78 Å². The van der Waals surface area contributed by atoms with Crippen molar-refractivity contribution in [1.29, 1.82) is 0 Å². The number of rotatable bonds is 3. The first kappa shape index (κ1) is 17.9. The fourth-order valence-corrected chi connectivity index (χ4v) is 3.92. The van der Waals surface area contributed by atoms with Gasteiger partial charge in [0.25, 0.3) is 0 Å². The normalized spacial score (nSPS) is 19.1. The molecule has 2 aliphatic rings. The summed E-state index contributed by atoms with van der Waals surface area (Å²) in [5.41, 5.74) is 2.77. The molecule has 2 aliphatic heterocycles. The second kappa shape index (κ2) is 7.02. The summed E-state index contributed by atoms with van der Waals surface area (Å²) >= 11 is 0. The molecule has 3 aromatic rings. The van der Waals surface area contributed by atoms with Crippen LogP contribution in [0.1, 0.15) is 21.5 Å². The molecule has 5 rings (SSSR count). The zero-order valence-electron chi connectivity index (χ0n) is 16.2. The van der Waals surface area contributed by atoms with Gasteiger partial charge in [-0.1, -0.05) is 0 Å². The van der Waals surface area contributed by atoms with Gasteiger partial charge in [0.1, 0.15) is 17.1 Å². The third-order valence-electron chi connectivity index (χ3n) is 5.66. The SMILES string of the molecule is CN1CCN(Cc2c(O)ccc3c2OC(=Cc2c[nH]c4ncccc24)C3=O)CC1. The van der Waals surface area contributed by atoms with Crippen molar-refractivity contribution in [2.75, 3.05) is 33.2 Å². The number of aromatic amines is 1. The van der Waals surface area contributed by atoms with E-state index in [1.807, 2.05) is 18.3 Å². The molecule has 148 valence electrons. The number of pyridine rings is 1. The van der Waals surface area contributed by atoms with Crippen LogP contribution < -0.4 is 4.74 Å². The number of piperazine rings is 1. The second-order valence-corrected chi connectivity index (χ2v) is 7.60. The van der Waals surface area contributed by atoms with Crippen molar-refractivity contribution >= 4 is 22.9 Å². The molecule has 1 saturated heterocycles. The number of carbonyl (C=O) groups excluding carboxylic acids is 1. The predicted octanol–water partition coefficient (Wildman–Crippen LogP) is 2.63. The van der Waals surface area contributed by atoms with Crippen LogP contribution >= 0.6 is 0 Å². The largest absolute Gasteiger partial charge is 0.507 e. The number of hydrogen-bond donors (Lipinski definition) is 2. The lowest BCUT2D eigenvalue weighted by Crippen LogP contribution is -2.43. The topological polar surface area (TPSA) is 81.7 Å². The highest BCUT2D eigenvalue weighted by Gasteiger charge is 2.32. The number of phenolic OH excluding ortho intramolecular Hbond substituents is 1. The minimum atomic E-state index is -0.169. The molecule has 4 heterocycles. The summed E-state index contributed by atoms with van der Waals surface area (Å²) in [5.74, 6) is 0.721. The van der Waals surface area contributed by atoms with Gasteiger partial charge in [-0.2, -0.15) is 0 Å². The first-order valence-corrected chi connectivity index (χ1v) is 9.72. The number of likely N-dealkylation sites (N-methyl/N-ethyl adjacent to an activating group) is 1. The number of allylic oxidation sites excluding steroid dienone is 1. The number of hydrogen-bond acceptors (Lipinski definition) is 6. The summed E-state index contributed by atoms with van der Waals surface area (Å²) in [6.45, 7) is 4.35.